The van der Waals surface area contributed by atoms with Crippen LogP contribution < -0.4 is 5.69 Å². The normalized spacial score (nSPS) is 15.1. The predicted octanol–water partition coefficient (Wildman–Crippen LogP) is 4.59. The van der Waals surface area contributed by atoms with Gasteiger partial charge in [-0.3, -0.25) is 13.8 Å². The molecule has 0 unspecified atom stereocenters. The van der Waals surface area contributed by atoms with Crippen LogP contribution in [0, 0.1) is 0 Å². The zero-order valence-electron chi connectivity index (χ0n) is 21.8. The van der Waals surface area contributed by atoms with Crippen molar-refractivity contribution in [2.24, 2.45) is 14.1 Å². The fourth-order valence-corrected chi connectivity index (χ4v) is 8.34. The van der Waals surface area contributed by atoms with Gasteiger partial charge >= 0.3 is 5.69 Å². The molecule has 0 atom stereocenters. The number of imidazole rings is 1. The smallest absolute Gasteiger partial charge is 0.329 e. The van der Waals surface area contributed by atoms with E-state index in [0.29, 0.717) is 52.6 Å². The summed E-state index contributed by atoms with van der Waals surface area (Å²) in [4.78, 5) is 18.5. The monoisotopic (exact) mass is 620 g/mol. The number of hydrogen-bond acceptors (Lipinski definition) is 6. The van der Waals surface area contributed by atoms with Gasteiger partial charge in [0.15, 0.2) is 5.65 Å². The topological polar surface area (TPSA) is 106 Å². The summed E-state index contributed by atoms with van der Waals surface area (Å²) >= 11 is 3.67. The van der Waals surface area contributed by atoms with Crippen LogP contribution in [-0.4, -0.2) is 49.5 Å². The fourth-order valence-electron chi connectivity index (χ4n) is 5.80. The zero-order chi connectivity index (χ0) is 27.8. The van der Waals surface area contributed by atoms with Crippen LogP contribution in [-0.2, 0) is 28.9 Å². The van der Waals surface area contributed by atoms with Crippen LogP contribution in [0.1, 0.15) is 18.9 Å². The molecule has 0 spiro atoms. The molecule has 0 radical (unpaired) electrons. The quantitative estimate of drug-likeness (QED) is 0.285. The maximum atomic E-state index is 14.1. The Morgan fingerprint density at radius 1 is 1.00 bits per heavy atom. The molecule has 0 N–H and O–H groups in total. The van der Waals surface area contributed by atoms with Crippen LogP contribution in [0.2, 0.25) is 0 Å². The number of rotatable bonds is 4. The summed E-state index contributed by atoms with van der Waals surface area (Å²) in [6, 6.07) is 14.1. The average Bonchev–Trinajstić information content (AvgIpc) is 3.58. The van der Waals surface area contributed by atoms with E-state index >= 15 is 0 Å². The second-order valence-corrected chi connectivity index (χ2v) is 12.6. The molecule has 10 nitrogen and oxygen atoms in total. The Bertz CT molecular complexity index is 2120. The number of halogens is 1. The van der Waals surface area contributed by atoms with E-state index in [0.717, 1.165) is 16.5 Å². The second kappa shape index (κ2) is 9.15. The third-order valence-electron chi connectivity index (χ3n) is 7.81. The van der Waals surface area contributed by atoms with Crippen molar-refractivity contribution in [3.63, 3.8) is 0 Å². The second-order valence-electron chi connectivity index (χ2n) is 10.0. The molecule has 12 heteroatoms. The Labute approximate surface area is 237 Å². The molecule has 1 saturated heterocycles. The Hall–Kier alpha value is -3.74. The Balaban J connectivity index is 1.65. The Morgan fingerprint density at radius 2 is 1.75 bits per heavy atom. The first-order valence-corrected chi connectivity index (χ1v) is 15.1. The van der Waals surface area contributed by atoms with Gasteiger partial charge in [0.1, 0.15) is 4.60 Å². The molecule has 204 valence electrons. The van der Waals surface area contributed by atoms with E-state index in [-0.39, 0.29) is 22.3 Å². The summed E-state index contributed by atoms with van der Waals surface area (Å²) < 4.78 is 40.6. The minimum absolute atomic E-state index is 0.0861. The largest absolute Gasteiger partial charge is 0.381 e. The minimum Gasteiger partial charge on any atom is -0.381 e. The van der Waals surface area contributed by atoms with Crippen LogP contribution in [0.3, 0.4) is 0 Å². The molecule has 40 heavy (non-hydrogen) atoms. The van der Waals surface area contributed by atoms with Crippen LogP contribution >= 0.6 is 15.9 Å². The first kappa shape index (κ1) is 25.2. The van der Waals surface area contributed by atoms with Gasteiger partial charge in [0.2, 0.25) is 0 Å². The summed E-state index contributed by atoms with van der Waals surface area (Å²) in [6.07, 6.45) is 4.74. The highest BCUT2D eigenvalue weighted by atomic mass is 79.9. The minimum atomic E-state index is -4.05. The standard InChI is InChI=1S/C28H25BrN6O4S/c1-32-22-16-30-27-24(25(22)34(28(32)36)19-10-12-39-13-11-19)23(17-8-9-21-18(14-17)15-31-33(21)2)26(29)35(27)40(37,38)20-6-4-3-5-7-20/h3-9,14-16,19H,10-13H2,1-2H3. The van der Waals surface area contributed by atoms with E-state index in [1.165, 1.54) is 3.97 Å². The number of nitrogens with zero attached hydrogens (tertiary/aromatic N) is 6. The first-order valence-electron chi connectivity index (χ1n) is 12.9. The number of aromatic nitrogens is 6. The van der Waals surface area contributed by atoms with Crippen LogP contribution in [0.25, 0.3) is 44.1 Å². The molecule has 0 amide bonds. The SMILES string of the molecule is Cn1ncc2cc(-c3c(Br)n(S(=O)(=O)c4ccccc4)c4ncc5c(c34)n(C3CCOCC3)c(=O)n5C)ccc21. The van der Waals surface area contributed by atoms with Crippen LogP contribution in [0.4, 0.5) is 0 Å². The predicted molar refractivity (Wildman–Crippen MR) is 156 cm³/mol. The molecule has 6 aromatic rings. The van der Waals surface area contributed by atoms with Crippen molar-refractivity contribution in [3.8, 4) is 11.1 Å². The lowest BCUT2D eigenvalue weighted by Gasteiger charge is -2.23. The average molecular weight is 622 g/mol. The van der Waals surface area contributed by atoms with Gasteiger partial charge in [0.25, 0.3) is 10.0 Å². The van der Waals surface area contributed by atoms with Gasteiger partial charge in [-0.25, -0.2) is 22.2 Å². The Kier molecular flexibility index (Phi) is 5.77. The zero-order valence-corrected chi connectivity index (χ0v) is 24.2. The van der Waals surface area contributed by atoms with E-state index in [1.807, 2.05) is 25.2 Å². The number of ether oxygens (including phenoxy) is 1. The lowest BCUT2D eigenvalue weighted by Crippen LogP contribution is -2.29. The van der Waals surface area contributed by atoms with Gasteiger partial charge in [-0.1, -0.05) is 24.3 Å². The van der Waals surface area contributed by atoms with Crippen molar-refractivity contribution < 1.29 is 13.2 Å². The molecule has 2 aromatic carbocycles. The molecule has 5 heterocycles. The van der Waals surface area contributed by atoms with E-state index in [1.54, 1.807) is 63.6 Å². The summed E-state index contributed by atoms with van der Waals surface area (Å²) in [5, 5.41) is 5.88. The van der Waals surface area contributed by atoms with Crippen molar-refractivity contribution in [1.82, 2.24) is 27.9 Å². The third-order valence-corrected chi connectivity index (χ3v) is 10.5. The van der Waals surface area contributed by atoms with Gasteiger partial charge in [0, 0.05) is 44.3 Å². The lowest BCUT2D eigenvalue weighted by atomic mass is 10.0. The van der Waals surface area contributed by atoms with Gasteiger partial charge in [-0.15, -0.1) is 0 Å². The molecule has 1 aliphatic rings. The third kappa shape index (κ3) is 3.55. The summed E-state index contributed by atoms with van der Waals surface area (Å²) in [5.74, 6) is 0. The maximum Gasteiger partial charge on any atom is 0.329 e. The number of benzene rings is 2. The molecule has 0 saturated carbocycles. The summed E-state index contributed by atoms with van der Waals surface area (Å²) in [6.45, 7) is 1.11. The number of hydrogen-bond donors (Lipinski definition) is 0. The Morgan fingerprint density at radius 3 is 2.50 bits per heavy atom. The van der Waals surface area contributed by atoms with E-state index in [2.05, 4.69) is 26.0 Å². The molecule has 0 aliphatic carbocycles. The molecule has 1 aliphatic heterocycles. The van der Waals surface area contributed by atoms with Gasteiger partial charge in [-0.2, -0.15) is 5.10 Å². The molecule has 4 aromatic heterocycles. The van der Waals surface area contributed by atoms with Gasteiger partial charge in [0.05, 0.1) is 39.2 Å². The highest BCUT2D eigenvalue weighted by Crippen LogP contribution is 2.44. The number of aryl methyl sites for hydroxylation is 2. The molecule has 0 bridgehead atoms. The number of pyridine rings is 1. The molecular weight excluding hydrogens is 596 g/mol. The molecular formula is C28H25BrN6O4S. The van der Waals surface area contributed by atoms with E-state index in [9.17, 15) is 13.2 Å². The highest BCUT2D eigenvalue weighted by Gasteiger charge is 2.32. The van der Waals surface area contributed by atoms with Crippen molar-refractivity contribution in [2.75, 3.05) is 13.2 Å². The van der Waals surface area contributed by atoms with Crippen molar-refractivity contribution in [1.29, 1.82) is 0 Å². The van der Waals surface area contributed by atoms with Gasteiger partial charge in [-0.05, 0) is 58.6 Å². The van der Waals surface area contributed by atoms with Gasteiger partial charge < -0.3 is 4.74 Å². The summed E-state index contributed by atoms with van der Waals surface area (Å²) in [5.41, 5.74) is 3.74. The van der Waals surface area contributed by atoms with Crippen molar-refractivity contribution in [2.45, 2.75) is 23.8 Å². The molecule has 1 fully saturated rings. The van der Waals surface area contributed by atoms with Crippen LogP contribution in [0.15, 0.2) is 75.2 Å². The van der Waals surface area contributed by atoms with E-state index in [4.69, 9.17) is 4.74 Å². The maximum absolute atomic E-state index is 14.1. The fraction of sp³-hybridized carbons (Fsp3) is 0.250. The lowest BCUT2D eigenvalue weighted by molar-refractivity contribution is 0.0697. The summed E-state index contributed by atoms with van der Waals surface area (Å²) in [7, 11) is -0.455. The number of fused-ring (bicyclic) bond motifs is 4. The highest BCUT2D eigenvalue weighted by molar-refractivity contribution is 9.10. The molecule has 7 rings (SSSR count). The van der Waals surface area contributed by atoms with Crippen molar-refractivity contribution in [3.05, 3.63) is 76.0 Å². The van der Waals surface area contributed by atoms with E-state index < -0.39 is 10.0 Å². The van der Waals surface area contributed by atoms with Crippen LogP contribution in [0.5, 0.6) is 0 Å². The first-order chi connectivity index (χ1) is 19.3. The van der Waals surface area contributed by atoms with Crippen molar-refractivity contribution >= 4 is 58.9 Å².